The molecule has 3 heterocycles. The fraction of sp³-hybridized carbons (Fsp3) is 0.457. The number of nitrogens with one attached hydrogen (secondary N) is 2. The Kier molecular flexibility index (Phi) is 10.9. The van der Waals surface area contributed by atoms with Crippen molar-refractivity contribution in [1.82, 2.24) is 4.98 Å². The van der Waals surface area contributed by atoms with Crippen LogP contribution in [0.3, 0.4) is 0 Å². The second-order valence-electron chi connectivity index (χ2n) is 12.8. The zero-order valence-corrected chi connectivity index (χ0v) is 26.6. The highest BCUT2D eigenvalue weighted by Crippen LogP contribution is 2.29. The molecule has 2 N–H and O–H groups in total. The second kappa shape index (κ2) is 15.0. The number of nitrogens with zero attached hydrogens (tertiary/aromatic N) is 2. The van der Waals surface area contributed by atoms with Crippen LogP contribution in [-0.2, 0) is 20.9 Å². The number of carbonyl (C=O) groups is 2. The summed E-state index contributed by atoms with van der Waals surface area (Å²) in [5, 5.41) is 6.40. The Bertz CT molecular complexity index is 1520. The van der Waals surface area contributed by atoms with Crippen molar-refractivity contribution in [3.05, 3.63) is 77.4 Å². The maximum atomic E-state index is 14.0. The first kappa shape index (κ1) is 33.3. The summed E-state index contributed by atoms with van der Waals surface area (Å²) in [6.45, 7) is 8.40. The van der Waals surface area contributed by atoms with Gasteiger partial charge in [-0.1, -0.05) is 6.07 Å². The van der Waals surface area contributed by atoms with Gasteiger partial charge in [0.1, 0.15) is 30.7 Å². The topological polar surface area (TPSA) is 102 Å². The Morgan fingerprint density at radius 1 is 1.02 bits per heavy atom. The highest BCUT2D eigenvalue weighted by molar-refractivity contribution is 6.01. The molecule has 46 heavy (non-hydrogen) atoms. The van der Waals surface area contributed by atoms with Gasteiger partial charge in [0.25, 0.3) is 0 Å². The zero-order chi connectivity index (χ0) is 32.7. The molecule has 3 aromatic rings. The fourth-order valence-corrected chi connectivity index (χ4v) is 5.29. The number of benzene rings is 2. The number of piperidine rings is 1. The minimum atomic E-state index is -0.660. The predicted octanol–water partition coefficient (Wildman–Crippen LogP) is 6.38. The van der Waals surface area contributed by atoms with Gasteiger partial charge in [0, 0.05) is 55.9 Å². The van der Waals surface area contributed by atoms with Crippen molar-refractivity contribution in [2.75, 3.05) is 48.4 Å². The number of hydrogen-bond acceptors (Lipinski definition) is 8. The lowest BCUT2D eigenvalue weighted by atomic mass is 9.93. The number of ketones is 1. The lowest BCUT2D eigenvalue weighted by molar-refractivity contribution is -0.117. The summed E-state index contributed by atoms with van der Waals surface area (Å²) in [7, 11) is 0. The summed E-state index contributed by atoms with van der Waals surface area (Å²) >= 11 is 0. The molecule has 2 fully saturated rings. The van der Waals surface area contributed by atoms with Crippen molar-refractivity contribution in [1.29, 1.82) is 0 Å². The van der Waals surface area contributed by atoms with E-state index in [1.807, 2.05) is 32.9 Å². The van der Waals surface area contributed by atoms with Crippen LogP contribution in [0.1, 0.15) is 62.4 Å². The van der Waals surface area contributed by atoms with Crippen molar-refractivity contribution in [2.45, 2.75) is 64.8 Å². The normalized spacial score (nSPS) is 16.9. The number of pyridine rings is 1. The lowest BCUT2D eigenvalue weighted by Gasteiger charge is -2.32. The molecule has 2 aromatic carbocycles. The van der Waals surface area contributed by atoms with E-state index in [1.54, 1.807) is 24.3 Å². The molecule has 11 heteroatoms. The minimum absolute atomic E-state index is 0.0259. The molecule has 9 nitrogen and oxygen atoms in total. The molecule has 1 amide bonds. The van der Waals surface area contributed by atoms with E-state index in [1.165, 1.54) is 12.1 Å². The minimum Gasteiger partial charge on any atom is -0.473 e. The number of halogens is 2. The standard InChI is InChI=1S/C35H42F2N4O5/c1-35(2,3)46-22-31(42)24-8-10-29(30(18-24)38-20-27-13-16-44-27)39-33(43)17-23-11-14-41(15-12-23)32-5-4-6-34(40-32)45-21-25-7-9-26(36)19-28(25)37/h4-10,18-19,23,27,38H,11-17,20-22H2,1-3H3,(H,39,43)/t27-/m0/s1. The fourth-order valence-electron chi connectivity index (χ4n) is 5.29. The number of ether oxygens (including phenoxy) is 3. The molecule has 0 spiro atoms. The van der Waals surface area contributed by atoms with Crippen molar-refractivity contribution in [3.8, 4) is 5.88 Å². The van der Waals surface area contributed by atoms with Crippen LogP contribution in [-0.4, -0.2) is 61.2 Å². The van der Waals surface area contributed by atoms with E-state index in [-0.39, 0.29) is 42.5 Å². The van der Waals surface area contributed by atoms with Crippen LogP contribution in [0.4, 0.5) is 26.0 Å². The van der Waals surface area contributed by atoms with Crippen LogP contribution in [0.25, 0.3) is 0 Å². The van der Waals surface area contributed by atoms with Gasteiger partial charge < -0.3 is 29.7 Å². The summed E-state index contributed by atoms with van der Waals surface area (Å²) in [4.78, 5) is 32.7. The van der Waals surface area contributed by atoms with Crippen LogP contribution >= 0.6 is 0 Å². The number of rotatable bonds is 13. The average Bonchev–Trinajstić information content (AvgIpc) is 2.99. The van der Waals surface area contributed by atoms with Gasteiger partial charge in [-0.3, -0.25) is 9.59 Å². The first-order valence-electron chi connectivity index (χ1n) is 15.8. The molecule has 2 aliphatic heterocycles. The van der Waals surface area contributed by atoms with E-state index in [4.69, 9.17) is 14.2 Å². The SMILES string of the molecule is CC(C)(C)OCC(=O)c1ccc(NC(=O)CC2CCN(c3cccc(OCc4ccc(F)cc4F)n3)CC2)c(NC[C@@H]2CCO2)c1. The van der Waals surface area contributed by atoms with Crippen LogP contribution < -0.4 is 20.3 Å². The third-order valence-corrected chi connectivity index (χ3v) is 8.08. The first-order valence-corrected chi connectivity index (χ1v) is 15.8. The second-order valence-corrected chi connectivity index (χ2v) is 12.8. The molecular weight excluding hydrogens is 594 g/mol. The van der Waals surface area contributed by atoms with Crippen LogP contribution in [0.2, 0.25) is 0 Å². The Morgan fingerprint density at radius 2 is 1.80 bits per heavy atom. The first-order chi connectivity index (χ1) is 22.0. The molecule has 246 valence electrons. The van der Waals surface area contributed by atoms with Crippen molar-refractivity contribution >= 4 is 28.9 Å². The molecule has 0 radical (unpaired) electrons. The number of carbonyl (C=O) groups excluding carboxylic acids is 2. The molecule has 1 aromatic heterocycles. The molecule has 0 bridgehead atoms. The van der Waals surface area contributed by atoms with Crippen LogP contribution in [0.15, 0.2) is 54.6 Å². The van der Waals surface area contributed by atoms with E-state index >= 15 is 0 Å². The molecule has 0 unspecified atom stereocenters. The van der Waals surface area contributed by atoms with E-state index in [0.29, 0.717) is 35.8 Å². The molecule has 0 saturated carbocycles. The summed E-state index contributed by atoms with van der Waals surface area (Å²) in [6.07, 6.45) is 3.07. The van der Waals surface area contributed by atoms with Gasteiger partial charge in [0.05, 0.1) is 23.1 Å². The third-order valence-electron chi connectivity index (χ3n) is 8.08. The van der Waals surface area contributed by atoms with Gasteiger partial charge in [-0.05, 0) is 82.3 Å². The maximum Gasteiger partial charge on any atom is 0.224 e. The monoisotopic (exact) mass is 636 g/mol. The van der Waals surface area contributed by atoms with Gasteiger partial charge >= 0.3 is 0 Å². The van der Waals surface area contributed by atoms with Gasteiger partial charge in [0.15, 0.2) is 5.78 Å². The number of amides is 1. The van der Waals surface area contributed by atoms with Crippen molar-refractivity contribution < 1.29 is 32.6 Å². The third kappa shape index (κ3) is 9.46. The Labute approximate surface area is 268 Å². The number of anilines is 3. The quantitative estimate of drug-likeness (QED) is 0.209. The average molecular weight is 637 g/mol. The molecule has 0 aliphatic carbocycles. The Balaban J connectivity index is 1.13. The van der Waals surface area contributed by atoms with Gasteiger partial charge in [-0.15, -0.1) is 0 Å². The number of aromatic nitrogens is 1. The number of hydrogen-bond donors (Lipinski definition) is 2. The van der Waals surface area contributed by atoms with Gasteiger partial charge in [-0.2, -0.15) is 4.98 Å². The molecule has 2 saturated heterocycles. The van der Waals surface area contributed by atoms with E-state index < -0.39 is 17.2 Å². The van der Waals surface area contributed by atoms with Crippen molar-refractivity contribution in [2.24, 2.45) is 5.92 Å². The van der Waals surface area contributed by atoms with E-state index in [9.17, 15) is 18.4 Å². The van der Waals surface area contributed by atoms with Crippen LogP contribution in [0.5, 0.6) is 5.88 Å². The lowest BCUT2D eigenvalue weighted by Crippen LogP contribution is -2.35. The predicted molar refractivity (Wildman–Crippen MR) is 172 cm³/mol. The largest absolute Gasteiger partial charge is 0.473 e. The summed E-state index contributed by atoms with van der Waals surface area (Å²) in [6, 6.07) is 14.1. The molecule has 5 rings (SSSR count). The summed E-state index contributed by atoms with van der Waals surface area (Å²) < 4.78 is 44.1. The van der Waals surface area contributed by atoms with Crippen LogP contribution in [0, 0.1) is 17.6 Å². The Morgan fingerprint density at radius 3 is 2.50 bits per heavy atom. The van der Waals surface area contributed by atoms with Gasteiger partial charge in [-0.25, -0.2) is 8.78 Å². The highest BCUT2D eigenvalue weighted by atomic mass is 19.1. The molecule has 1 atom stereocenters. The van der Waals surface area contributed by atoms with E-state index in [0.717, 1.165) is 50.8 Å². The smallest absolute Gasteiger partial charge is 0.224 e. The van der Waals surface area contributed by atoms with Gasteiger partial charge in [0.2, 0.25) is 11.8 Å². The summed E-state index contributed by atoms with van der Waals surface area (Å²) in [5.74, 6) is -0.212. The molecule has 2 aliphatic rings. The van der Waals surface area contributed by atoms with E-state index in [2.05, 4.69) is 20.5 Å². The summed E-state index contributed by atoms with van der Waals surface area (Å²) in [5.41, 5.74) is 1.63. The molecular formula is C35H42F2N4O5. The zero-order valence-electron chi connectivity index (χ0n) is 26.6. The Hall–Kier alpha value is -4.09. The maximum absolute atomic E-state index is 14.0. The van der Waals surface area contributed by atoms with Crippen molar-refractivity contribution in [3.63, 3.8) is 0 Å². The number of Topliss-reactive ketones (excluding diaryl/α,β-unsaturated/α-hetero) is 1. The highest BCUT2D eigenvalue weighted by Gasteiger charge is 2.24.